The van der Waals surface area contributed by atoms with E-state index >= 15 is 0 Å². The lowest BCUT2D eigenvalue weighted by molar-refractivity contribution is -0.142. The van der Waals surface area contributed by atoms with Crippen LogP contribution in [0.5, 0.6) is 0 Å². The van der Waals surface area contributed by atoms with Gasteiger partial charge in [-0.3, -0.25) is 9.69 Å². The van der Waals surface area contributed by atoms with E-state index in [2.05, 4.69) is 32.6 Å². The Hall–Kier alpha value is -0.610. The summed E-state index contributed by atoms with van der Waals surface area (Å²) < 4.78 is 5.69. The summed E-state index contributed by atoms with van der Waals surface area (Å²) in [6, 6.07) is 0.634. The molecule has 0 aliphatic carbocycles. The van der Waals surface area contributed by atoms with Crippen molar-refractivity contribution in [3.05, 3.63) is 0 Å². The van der Waals surface area contributed by atoms with Crippen molar-refractivity contribution in [3.63, 3.8) is 0 Å². The van der Waals surface area contributed by atoms with Gasteiger partial charge < -0.3 is 9.84 Å². The molecule has 1 fully saturated rings. The first kappa shape index (κ1) is 14.5. The number of aliphatic carboxylic acids is 1. The molecule has 0 amide bonds. The Morgan fingerprint density at radius 3 is 2.71 bits per heavy atom. The average molecular weight is 243 g/mol. The van der Waals surface area contributed by atoms with Crippen molar-refractivity contribution >= 4 is 5.97 Å². The van der Waals surface area contributed by atoms with E-state index < -0.39 is 5.97 Å². The van der Waals surface area contributed by atoms with Crippen LogP contribution in [-0.2, 0) is 9.53 Å². The Morgan fingerprint density at radius 2 is 2.24 bits per heavy atom. The van der Waals surface area contributed by atoms with Crippen molar-refractivity contribution in [1.82, 2.24) is 4.90 Å². The molecule has 4 nitrogen and oxygen atoms in total. The fraction of sp³-hybridized carbons (Fsp3) is 0.923. The first-order valence-corrected chi connectivity index (χ1v) is 6.47. The van der Waals surface area contributed by atoms with Crippen molar-refractivity contribution in [2.75, 3.05) is 13.2 Å². The zero-order valence-electron chi connectivity index (χ0n) is 11.4. The van der Waals surface area contributed by atoms with Crippen LogP contribution in [0, 0.1) is 0 Å². The van der Waals surface area contributed by atoms with Crippen LogP contribution < -0.4 is 0 Å². The van der Waals surface area contributed by atoms with Gasteiger partial charge in [0.05, 0.1) is 12.1 Å². The van der Waals surface area contributed by atoms with Gasteiger partial charge in [-0.1, -0.05) is 6.92 Å². The molecule has 0 radical (unpaired) electrons. The number of carboxylic acid groups (broad SMARTS) is 1. The fourth-order valence-corrected chi connectivity index (χ4v) is 2.52. The minimum atomic E-state index is -0.741. The van der Waals surface area contributed by atoms with Gasteiger partial charge in [0, 0.05) is 18.7 Å². The molecule has 4 heteroatoms. The monoisotopic (exact) mass is 243 g/mol. The van der Waals surface area contributed by atoms with Crippen LogP contribution in [0.3, 0.4) is 0 Å². The van der Waals surface area contributed by atoms with Gasteiger partial charge >= 0.3 is 5.97 Å². The smallest absolute Gasteiger partial charge is 0.317 e. The molecule has 100 valence electrons. The molecule has 0 aromatic rings. The topological polar surface area (TPSA) is 49.8 Å². The van der Waals surface area contributed by atoms with Crippen LogP contribution in [0.15, 0.2) is 0 Å². The van der Waals surface area contributed by atoms with Crippen LogP contribution in [0.4, 0.5) is 0 Å². The summed E-state index contributed by atoms with van der Waals surface area (Å²) in [6.45, 7) is 9.22. The number of carbonyl (C=O) groups is 1. The van der Waals surface area contributed by atoms with Gasteiger partial charge in [-0.25, -0.2) is 0 Å². The van der Waals surface area contributed by atoms with Crippen LogP contribution >= 0.6 is 0 Å². The van der Waals surface area contributed by atoms with Gasteiger partial charge in [0.1, 0.15) is 0 Å². The highest BCUT2D eigenvalue weighted by Gasteiger charge is 2.34. The highest BCUT2D eigenvalue weighted by Crippen LogP contribution is 2.28. The van der Waals surface area contributed by atoms with Gasteiger partial charge in [0.15, 0.2) is 0 Å². The fourth-order valence-electron chi connectivity index (χ4n) is 2.52. The molecular weight excluding hydrogens is 218 g/mol. The zero-order valence-corrected chi connectivity index (χ0v) is 11.4. The van der Waals surface area contributed by atoms with E-state index in [-0.39, 0.29) is 12.1 Å². The summed E-state index contributed by atoms with van der Waals surface area (Å²) in [5.41, 5.74) is -0.132. The summed E-state index contributed by atoms with van der Waals surface area (Å²) in [7, 11) is 0. The van der Waals surface area contributed by atoms with E-state index in [4.69, 9.17) is 9.84 Å². The summed E-state index contributed by atoms with van der Waals surface area (Å²) in [5, 5.41) is 9.02. The van der Waals surface area contributed by atoms with Crippen LogP contribution in [0.25, 0.3) is 0 Å². The number of nitrogens with zero attached hydrogens (tertiary/aromatic N) is 1. The second kappa shape index (κ2) is 5.83. The number of carboxylic acids is 1. The van der Waals surface area contributed by atoms with Crippen LogP contribution in [0.1, 0.15) is 47.0 Å². The van der Waals surface area contributed by atoms with Crippen molar-refractivity contribution in [2.24, 2.45) is 0 Å². The van der Waals surface area contributed by atoms with Crippen molar-refractivity contribution in [2.45, 2.75) is 64.6 Å². The number of hydrogen-bond donors (Lipinski definition) is 1. The molecule has 0 bridgehead atoms. The third-order valence-corrected chi connectivity index (χ3v) is 3.61. The highest BCUT2D eigenvalue weighted by molar-refractivity contribution is 5.69. The van der Waals surface area contributed by atoms with Crippen molar-refractivity contribution < 1.29 is 14.6 Å². The summed E-state index contributed by atoms with van der Waals surface area (Å²) in [5.74, 6) is -0.741. The third-order valence-electron chi connectivity index (χ3n) is 3.61. The maximum Gasteiger partial charge on any atom is 0.317 e. The highest BCUT2D eigenvalue weighted by atomic mass is 16.5. The Bertz CT molecular complexity index is 265. The van der Waals surface area contributed by atoms with Gasteiger partial charge in [0.2, 0.25) is 0 Å². The van der Waals surface area contributed by atoms with E-state index in [1.165, 1.54) is 0 Å². The Labute approximate surface area is 104 Å². The van der Waals surface area contributed by atoms with Crippen molar-refractivity contribution in [1.29, 1.82) is 0 Å². The molecule has 0 aromatic carbocycles. The van der Waals surface area contributed by atoms with E-state index in [9.17, 15) is 4.79 Å². The van der Waals surface area contributed by atoms with E-state index in [1.807, 2.05) is 0 Å². The third kappa shape index (κ3) is 4.28. The quantitative estimate of drug-likeness (QED) is 0.803. The van der Waals surface area contributed by atoms with Crippen LogP contribution in [0.2, 0.25) is 0 Å². The zero-order chi connectivity index (χ0) is 13.1. The second-order valence-electron chi connectivity index (χ2n) is 5.58. The molecule has 0 saturated carbocycles. The number of rotatable bonds is 5. The molecule has 1 rings (SSSR count). The van der Waals surface area contributed by atoms with Gasteiger partial charge in [0.25, 0.3) is 0 Å². The largest absolute Gasteiger partial charge is 0.480 e. The maximum atomic E-state index is 11.0. The lowest BCUT2D eigenvalue weighted by atomic mass is 9.91. The minimum absolute atomic E-state index is 0.132. The van der Waals surface area contributed by atoms with Crippen LogP contribution in [-0.4, -0.2) is 46.8 Å². The second-order valence-corrected chi connectivity index (χ2v) is 5.58. The lowest BCUT2D eigenvalue weighted by Gasteiger charge is -2.43. The molecule has 1 heterocycles. The number of hydrogen-bond acceptors (Lipinski definition) is 3. The molecule has 1 aliphatic heterocycles. The van der Waals surface area contributed by atoms with E-state index in [1.54, 1.807) is 0 Å². The summed E-state index contributed by atoms with van der Waals surface area (Å²) in [6.07, 6.45) is 2.82. The minimum Gasteiger partial charge on any atom is -0.480 e. The van der Waals surface area contributed by atoms with Gasteiger partial charge in [-0.05, 0) is 40.0 Å². The first-order chi connectivity index (χ1) is 7.85. The van der Waals surface area contributed by atoms with Gasteiger partial charge in [-0.2, -0.15) is 0 Å². The Morgan fingerprint density at radius 1 is 1.59 bits per heavy atom. The molecule has 0 aromatic heterocycles. The molecule has 0 spiro atoms. The molecule has 1 saturated heterocycles. The molecule has 2 atom stereocenters. The maximum absolute atomic E-state index is 11.0. The predicted octanol–water partition coefficient (Wildman–Crippen LogP) is 2.13. The predicted molar refractivity (Wildman–Crippen MR) is 67.1 cm³/mol. The molecule has 17 heavy (non-hydrogen) atoms. The normalized spacial score (nSPS) is 25.8. The molecule has 1 aliphatic rings. The first-order valence-electron chi connectivity index (χ1n) is 6.47. The standard InChI is InChI=1S/C13H25NO3/c1-5-10(2)14(9-12(15)16)11-6-7-17-13(3,4)8-11/h10-11H,5-9H2,1-4H3,(H,15,16). The Kier molecular flexibility index (Phi) is 4.95. The number of ether oxygens (including phenoxy) is 1. The van der Waals surface area contributed by atoms with E-state index in [0.717, 1.165) is 25.9 Å². The molecule has 1 N–H and O–H groups in total. The molecule has 2 unspecified atom stereocenters. The van der Waals surface area contributed by atoms with Gasteiger partial charge in [-0.15, -0.1) is 0 Å². The summed E-state index contributed by atoms with van der Waals surface area (Å²) in [4.78, 5) is 13.1. The Balaban J connectivity index is 2.71. The SMILES string of the molecule is CCC(C)N(CC(=O)O)C1CCOC(C)(C)C1. The van der Waals surface area contributed by atoms with Crippen molar-refractivity contribution in [3.8, 4) is 0 Å². The van der Waals surface area contributed by atoms with E-state index in [0.29, 0.717) is 12.1 Å². The average Bonchev–Trinajstić information content (AvgIpc) is 2.23. The lowest BCUT2D eigenvalue weighted by Crippen LogP contribution is -2.50. The summed E-state index contributed by atoms with van der Waals surface area (Å²) >= 11 is 0. The molecular formula is C13H25NO3.